The van der Waals surface area contributed by atoms with Crippen LogP contribution in [-0.4, -0.2) is 56.7 Å². The number of methoxy groups -OCH3 is 1. The number of ether oxygens (including phenoxy) is 2. The summed E-state index contributed by atoms with van der Waals surface area (Å²) < 4.78 is 10.5. The second-order valence-corrected chi connectivity index (χ2v) is 6.58. The Bertz CT molecular complexity index is 624. The Kier molecular flexibility index (Phi) is 10.5. The number of carbonyl (C=O) groups excluding carboxylic acids is 1. The summed E-state index contributed by atoms with van der Waals surface area (Å²) >= 11 is 0. The van der Waals surface area contributed by atoms with E-state index in [1.165, 1.54) is 12.7 Å². The summed E-state index contributed by atoms with van der Waals surface area (Å²) in [5.74, 6) is 1.80. The fourth-order valence-corrected chi connectivity index (χ4v) is 3.27. The van der Waals surface area contributed by atoms with Crippen molar-refractivity contribution in [1.82, 2.24) is 10.2 Å². The number of nitrogens with one attached hydrogen (secondary N) is 1. The lowest BCUT2D eigenvalue weighted by Crippen LogP contribution is -2.40. The van der Waals surface area contributed by atoms with E-state index in [-0.39, 0.29) is 41.8 Å². The van der Waals surface area contributed by atoms with Crippen LogP contribution >= 0.6 is 24.0 Å². The van der Waals surface area contributed by atoms with Crippen LogP contribution in [0.3, 0.4) is 0 Å². The number of guanidine groups is 1. The standard InChI is InChI=1S/C20H31N3O3.HI/c1-5-21-20(23-13-15(3)18(14-23)19(24)25-4)22-11-10-16-8-7-9-17(12-16)26-6-2;/h7-9,12,15,18H,5-6,10-11,13-14H2,1-4H3,(H,21,22);1H. The Hall–Kier alpha value is -1.51. The van der Waals surface area contributed by atoms with Gasteiger partial charge in [0, 0.05) is 26.2 Å². The second-order valence-electron chi connectivity index (χ2n) is 6.58. The van der Waals surface area contributed by atoms with E-state index in [9.17, 15) is 4.79 Å². The number of likely N-dealkylation sites (tertiary alicyclic amines) is 1. The predicted octanol–water partition coefficient (Wildman–Crippen LogP) is 2.95. The molecule has 0 aliphatic carbocycles. The predicted molar refractivity (Wildman–Crippen MR) is 119 cm³/mol. The summed E-state index contributed by atoms with van der Waals surface area (Å²) in [5.41, 5.74) is 1.21. The first-order valence-corrected chi connectivity index (χ1v) is 9.41. The van der Waals surface area contributed by atoms with Crippen LogP contribution in [0.2, 0.25) is 0 Å². The topological polar surface area (TPSA) is 63.2 Å². The first-order chi connectivity index (χ1) is 12.6. The van der Waals surface area contributed by atoms with E-state index in [0.717, 1.165) is 31.2 Å². The molecule has 2 atom stereocenters. The van der Waals surface area contributed by atoms with Gasteiger partial charge in [-0.05, 0) is 43.9 Å². The molecule has 0 amide bonds. The first kappa shape index (κ1) is 23.5. The Balaban J connectivity index is 0.00000364. The van der Waals surface area contributed by atoms with Gasteiger partial charge in [0.05, 0.1) is 19.6 Å². The molecule has 6 nitrogen and oxygen atoms in total. The van der Waals surface area contributed by atoms with Gasteiger partial charge in [0.2, 0.25) is 0 Å². The minimum absolute atomic E-state index is 0. The molecule has 27 heavy (non-hydrogen) atoms. The molecule has 1 N–H and O–H groups in total. The molecule has 2 unspecified atom stereocenters. The van der Waals surface area contributed by atoms with Gasteiger partial charge in [0.15, 0.2) is 5.96 Å². The van der Waals surface area contributed by atoms with Crippen molar-refractivity contribution in [1.29, 1.82) is 0 Å². The van der Waals surface area contributed by atoms with Crippen molar-refractivity contribution in [2.45, 2.75) is 27.2 Å². The highest BCUT2D eigenvalue weighted by Crippen LogP contribution is 2.24. The van der Waals surface area contributed by atoms with Gasteiger partial charge in [-0.3, -0.25) is 9.79 Å². The largest absolute Gasteiger partial charge is 0.494 e. The van der Waals surface area contributed by atoms with Gasteiger partial charge in [-0.2, -0.15) is 0 Å². The number of hydrogen-bond donors (Lipinski definition) is 1. The maximum absolute atomic E-state index is 11.9. The van der Waals surface area contributed by atoms with Crippen molar-refractivity contribution in [3.05, 3.63) is 29.8 Å². The summed E-state index contributed by atoms with van der Waals surface area (Å²) in [6, 6.07) is 8.14. The number of rotatable bonds is 7. The quantitative estimate of drug-likeness (QED) is 0.276. The molecule has 7 heteroatoms. The highest BCUT2D eigenvalue weighted by molar-refractivity contribution is 14.0. The monoisotopic (exact) mass is 489 g/mol. The molecule has 1 aliphatic heterocycles. The maximum Gasteiger partial charge on any atom is 0.310 e. The van der Waals surface area contributed by atoms with Gasteiger partial charge in [-0.25, -0.2) is 0 Å². The number of halogens is 1. The SMILES string of the molecule is CCNC(=NCCc1cccc(OCC)c1)N1CC(C)C(C(=O)OC)C1.I. The van der Waals surface area contributed by atoms with Crippen LogP contribution in [0.25, 0.3) is 0 Å². The molecule has 1 aromatic rings. The smallest absolute Gasteiger partial charge is 0.310 e. The molecule has 0 spiro atoms. The fourth-order valence-electron chi connectivity index (χ4n) is 3.27. The molecule has 0 bridgehead atoms. The van der Waals surface area contributed by atoms with Crippen LogP contribution in [0.1, 0.15) is 26.3 Å². The molecule has 1 heterocycles. The average molecular weight is 489 g/mol. The highest BCUT2D eigenvalue weighted by Gasteiger charge is 2.36. The molecule has 1 saturated heterocycles. The molecule has 1 aromatic carbocycles. The summed E-state index contributed by atoms with van der Waals surface area (Å²) in [6.07, 6.45) is 0.847. The zero-order valence-corrected chi connectivity index (χ0v) is 19.1. The number of aliphatic imine (C=N–C) groups is 1. The zero-order chi connectivity index (χ0) is 18.9. The number of nitrogens with zero attached hydrogens (tertiary/aromatic N) is 2. The molecule has 0 radical (unpaired) electrons. The molecule has 0 saturated carbocycles. The molecular weight excluding hydrogens is 457 g/mol. The lowest BCUT2D eigenvalue weighted by molar-refractivity contribution is -0.145. The third kappa shape index (κ3) is 6.86. The van der Waals surface area contributed by atoms with Crippen LogP contribution in [0.15, 0.2) is 29.3 Å². The minimum atomic E-state index is -0.136. The molecule has 2 rings (SSSR count). The van der Waals surface area contributed by atoms with Crippen LogP contribution in [0, 0.1) is 11.8 Å². The lowest BCUT2D eigenvalue weighted by atomic mass is 9.99. The van der Waals surface area contributed by atoms with E-state index in [4.69, 9.17) is 14.5 Å². The Morgan fingerprint density at radius 2 is 2.11 bits per heavy atom. The molecular formula is C20H32IN3O3. The van der Waals surface area contributed by atoms with Crippen LogP contribution in [0.4, 0.5) is 0 Å². The lowest BCUT2D eigenvalue weighted by Gasteiger charge is -2.21. The van der Waals surface area contributed by atoms with Crippen molar-refractivity contribution in [3.8, 4) is 5.75 Å². The normalized spacial score (nSPS) is 19.4. The van der Waals surface area contributed by atoms with E-state index in [1.807, 2.05) is 19.1 Å². The van der Waals surface area contributed by atoms with Crippen LogP contribution < -0.4 is 10.1 Å². The van der Waals surface area contributed by atoms with Gasteiger partial charge in [0.25, 0.3) is 0 Å². The Labute approximate surface area is 179 Å². The third-order valence-electron chi connectivity index (χ3n) is 4.62. The van der Waals surface area contributed by atoms with Gasteiger partial charge >= 0.3 is 5.97 Å². The Morgan fingerprint density at radius 1 is 1.33 bits per heavy atom. The van der Waals surface area contributed by atoms with Crippen LogP contribution in [0.5, 0.6) is 5.75 Å². The number of benzene rings is 1. The number of esters is 1. The van der Waals surface area contributed by atoms with E-state index >= 15 is 0 Å². The summed E-state index contributed by atoms with van der Waals surface area (Å²) in [7, 11) is 1.45. The third-order valence-corrected chi connectivity index (χ3v) is 4.62. The number of hydrogen-bond acceptors (Lipinski definition) is 4. The second kappa shape index (κ2) is 12.0. The van der Waals surface area contributed by atoms with Gasteiger partial charge in [0.1, 0.15) is 5.75 Å². The maximum atomic E-state index is 11.9. The van der Waals surface area contributed by atoms with Gasteiger partial charge < -0.3 is 19.7 Å². The summed E-state index contributed by atoms with van der Waals surface area (Å²) in [4.78, 5) is 18.8. The fraction of sp³-hybridized carbons (Fsp3) is 0.600. The minimum Gasteiger partial charge on any atom is -0.494 e. The van der Waals surface area contributed by atoms with Crippen molar-refractivity contribution >= 4 is 35.9 Å². The van der Waals surface area contributed by atoms with E-state index < -0.39 is 0 Å². The van der Waals surface area contributed by atoms with Crippen molar-refractivity contribution in [2.75, 3.05) is 39.9 Å². The van der Waals surface area contributed by atoms with Crippen molar-refractivity contribution < 1.29 is 14.3 Å². The van der Waals surface area contributed by atoms with E-state index in [1.54, 1.807) is 0 Å². The van der Waals surface area contributed by atoms with Gasteiger partial charge in [-0.1, -0.05) is 19.1 Å². The number of carbonyl (C=O) groups is 1. The highest BCUT2D eigenvalue weighted by atomic mass is 127. The van der Waals surface area contributed by atoms with E-state index in [0.29, 0.717) is 19.7 Å². The van der Waals surface area contributed by atoms with Crippen molar-refractivity contribution in [2.24, 2.45) is 16.8 Å². The van der Waals surface area contributed by atoms with E-state index in [2.05, 4.69) is 36.2 Å². The van der Waals surface area contributed by atoms with Gasteiger partial charge in [-0.15, -0.1) is 24.0 Å². The molecule has 1 aliphatic rings. The summed E-state index contributed by atoms with van der Waals surface area (Å²) in [6.45, 7) is 9.74. The molecule has 152 valence electrons. The Morgan fingerprint density at radius 3 is 2.78 bits per heavy atom. The summed E-state index contributed by atoms with van der Waals surface area (Å²) in [5, 5.41) is 3.34. The van der Waals surface area contributed by atoms with Crippen LogP contribution in [-0.2, 0) is 16.0 Å². The van der Waals surface area contributed by atoms with Crippen molar-refractivity contribution in [3.63, 3.8) is 0 Å². The molecule has 1 fully saturated rings. The zero-order valence-electron chi connectivity index (χ0n) is 16.7. The average Bonchev–Trinajstić information content (AvgIpc) is 3.02. The molecule has 0 aromatic heterocycles. The first-order valence-electron chi connectivity index (χ1n) is 9.41.